The van der Waals surface area contributed by atoms with Crippen molar-refractivity contribution in [2.45, 2.75) is 77.3 Å². The molecular weight excluding hydrogens is 182 g/mol. The van der Waals surface area contributed by atoms with Gasteiger partial charge in [0.15, 0.2) is 0 Å². The second-order valence-electron chi connectivity index (χ2n) is 5.60. The maximum Gasteiger partial charge on any atom is 0.00979 e. The topological polar surface area (TPSA) is 12.0 Å². The second-order valence-corrected chi connectivity index (χ2v) is 5.60. The van der Waals surface area contributed by atoms with Gasteiger partial charge in [0, 0.05) is 12.1 Å². The molecule has 15 heavy (non-hydrogen) atoms. The summed E-state index contributed by atoms with van der Waals surface area (Å²) in [5.41, 5.74) is 0. The van der Waals surface area contributed by atoms with E-state index in [4.69, 9.17) is 0 Å². The van der Waals surface area contributed by atoms with Crippen molar-refractivity contribution < 1.29 is 0 Å². The summed E-state index contributed by atoms with van der Waals surface area (Å²) >= 11 is 0. The Morgan fingerprint density at radius 3 is 2.53 bits per heavy atom. The third kappa shape index (κ3) is 2.96. The molecule has 88 valence electrons. The van der Waals surface area contributed by atoms with Gasteiger partial charge in [-0.1, -0.05) is 33.1 Å². The molecule has 0 aliphatic heterocycles. The summed E-state index contributed by atoms with van der Waals surface area (Å²) in [6.45, 7) is 4.68. The van der Waals surface area contributed by atoms with Gasteiger partial charge in [0.1, 0.15) is 0 Å². The Labute approximate surface area is 95.0 Å². The molecule has 1 heteroatoms. The third-order valence-corrected chi connectivity index (χ3v) is 4.40. The van der Waals surface area contributed by atoms with E-state index in [1.807, 2.05) is 0 Å². The Hall–Kier alpha value is -0.0400. The van der Waals surface area contributed by atoms with Crippen molar-refractivity contribution in [2.75, 3.05) is 0 Å². The van der Waals surface area contributed by atoms with E-state index in [-0.39, 0.29) is 0 Å². The number of hydrogen-bond acceptors (Lipinski definition) is 1. The minimum absolute atomic E-state index is 0.854. The van der Waals surface area contributed by atoms with E-state index in [1.165, 1.54) is 51.4 Å². The minimum Gasteiger partial charge on any atom is -0.311 e. The van der Waals surface area contributed by atoms with Gasteiger partial charge in [-0.3, -0.25) is 0 Å². The first kappa shape index (κ1) is 11.4. The van der Waals surface area contributed by atoms with Crippen LogP contribution in [0.15, 0.2) is 0 Å². The summed E-state index contributed by atoms with van der Waals surface area (Å²) in [7, 11) is 0. The molecule has 0 spiro atoms. The van der Waals surface area contributed by atoms with Crippen LogP contribution in [-0.2, 0) is 0 Å². The van der Waals surface area contributed by atoms with Crippen molar-refractivity contribution in [3.05, 3.63) is 0 Å². The fraction of sp³-hybridized carbons (Fsp3) is 1.00. The molecule has 3 unspecified atom stereocenters. The number of nitrogens with one attached hydrogen (secondary N) is 1. The van der Waals surface area contributed by atoms with Crippen LogP contribution in [-0.4, -0.2) is 12.1 Å². The largest absolute Gasteiger partial charge is 0.311 e. The first-order chi connectivity index (χ1) is 7.35. The van der Waals surface area contributed by atoms with E-state index in [0.717, 1.165) is 23.9 Å². The smallest absolute Gasteiger partial charge is 0.00979 e. The summed E-state index contributed by atoms with van der Waals surface area (Å²) < 4.78 is 0. The van der Waals surface area contributed by atoms with Gasteiger partial charge in [0.2, 0.25) is 0 Å². The molecule has 0 radical (unpaired) electrons. The van der Waals surface area contributed by atoms with Crippen LogP contribution in [0.1, 0.15) is 65.2 Å². The van der Waals surface area contributed by atoms with Crippen molar-refractivity contribution in [1.29, 1.82) is 0 Å². The molecule has 2 rings (SSSR count). The van der Waals surface area contributed by atoms with Gasteiger partial charge >= 0.3 is 0 Å². The van der Waals surface area contributed by atoms with E-state index in [2.05, 4.69) is 19.2 Å². The number of rotatable bonds is 6. The lowest BCUT2D eigenvalue weighted by Gasteiger charge is -2.26. The minimum atomic E-state index is 0.854. The molecule has 2 aliphatic carbocycles. The summed E-state index contributed by atoms with van der Waals surface area (Å²) in [5.74, 6) is 2.01. The monoisotopic (exact) mass is 209 g/mol. The molecule has 1 N–H and O–H groups in total. The zero-order valence-electron chi connectivity index (χ0n) is 10.5. The van der Waals surface area contributed by atoms with E-state index in [9.17, 15) is 0 Å². The van der Waals surface area contributed by atoms with Crippen molar-refractivity contribution in [1.82, 2.24) is 5.32 Å². The van der Waals surface area contributed by atoms with Gasteiger partial charge in [0.25, 0.3) is 0 Å². The summed E-state index contributed by atoms with van der Waals surface area (Å²) in [6.07, 6.45) is 11.5. The highest BCUT2D eigenvalue weighted by atomic mass is 15.0. The lowest BCUT2D eigenvalue weighted by Crippen LogP contribution is -2.41. The van der Waals surface area contributed by atoms with Gasteiger partial charge in [-0.05, 0) is 43.9 Å². The Balaban J connectivity index is 1.81. The van der Waals surface area contributed by atoms with Crippen LogP contribution in [0.5, 0.6) is 0 Å². The third-order valence-electron chi connectivity index (χ3n) is 4.40. The molecule has 1 nitrogen and oxygen atoms in total. The zero-order valence-corrected chi connectivity index (χ0v) is 10.5. The maximum absolute atomic E-state index is 3.98. The molecular formula is C14H27N. The fourth-order valence-electron chi connectivity index (χ4n) is 3.28. The average Bonchev–Trinajstić information content (AvgIpc) is 2.99. The van der Waals surface area contributed by atoms with Crippen LogP contribution >= 0.6 is 0 Å². The zero-order chi connectivity index (χ0) is 10.7. The standard InChI is InChI=1S/C14H27N/c1-3-6-13(12-9-10-12)15-14-8-5-7-11(14)4-2/h11-15H,3-10H2,1-2H3. The molecule has 0 amide bonds. The molecule has 2 fully saturated rings. The van der Waals surface area contributed by atoms with E-state index in [0.29, 0.717) is 0 Å². The average molecular weight is 209 g/mol. The molecule has 0 heterocycles. The summed E-state index contributed by atoms with van der Waals surface area (Å²) in [4.78, 5) is 0. The number of hydrogen-bond donors (Lipinski definition) is 1. The molecule has 0 aromatic heterocycles. The molecule has 2 aliphatic rings. The van der Waals surface area contributed by atoms with E-state index in [1.54, 1.807) is 0 Å². The van der Waals surface area contributed by atoms with Gasteiger partial charge < -0.3 is 5.32 Å². The second kappa shape index (κ2) is 5.34. The molecule has 2 saturated carbocycles. The fourth-order valence-corrected chi connectivity index (χ4v) is 3.28. The van der Waals surface area contributed by atoms with Crippen LogP contribution in [0.25, 0.3) is 0 Å². The highest BCUT2D eigenvalue weighted by molar-refractivity contribution is 4.91. The lowest BCUT2D eigenvalue weighted by molar-refractivity contribution is 0.317. The molecule has 0 bridgehead atoms. The van der Waals surface area contributed by atoms with Crippen molar-refractivity contribution >= 4 is 0 Å². The van der Waals surface area contributed by atoms with Crippen LogP contribution < -0.4 is 5.32 Å². The van der Waals surface area contributed by atoms with Gasteiger partial charge in [-0.2, -0.15) is 0 Å². The highest BCUT2D eigenvalue weighted by Gasteiger charge is 2.34. The molecule has 0 aromatic carbocycles. The predicted octanol–water partition coefficient (Wildman–Crippen LogP) is 3.73. The SMILES string of the molecule is CCCC(NC1CCCC1CC)C1CC1. The Bertz CT molecular complexity index is 186. The molecule has 0 aromatic rings. The first-order valence-electron chi connectivity index (χ1n) is 7.11. The Morgan fingerprint density at radius 1 is 1.13 bits per heavy atom. The van der Waals surface area contributed by atoms with Gasteiger partial charge in [0.05, 0.1) is 0 Å². The van der Waals surface area contributed by atoms with E-state index >= 15 is 0 Å². The van der Waals surface area contributed by atoms with Gasteiger partial charge in [-0.15, -0.1) is 0 Å². The quantitative estimate of drug-likeness (QED) is 0.703. The van der Waals surface area contributed by atoms with Crippen molar-refractivity contribution in [3.8, 4) is 0 Å². The highest BCUT2D eigenvalue weighted by Crippen LogP contribution is 2.36. The first-order valence-corrected chi connectivity index (χ1v) is 7.11. The van der Waals surface area contributed by atoms with Gasteiger partial charge in [-0.25, -0.2) is 0 Å². The Kier molecular flexibility index (Phi) is 4.07. The molecule has 3 atom stereocenters. The van der Waals surface area contributed by atoms with Crippen molar-refractivity contribution in [3.63, 3.8) is 0 Å². The normalized spacial score (nSPS) is 33.2. The summed E-state index contributed by atoms with van der Waals surface area (Å²) in [5, 5.41) is 3.98. The Morgan fingerprint density at radius 2 is 1.93 bits per heavy atom. The van der Waals surface area contributed by atoms with Crippen LogP contribution in [0, 0.1) is 11.8 Å². The van der Waals surface area contributed by atoms with Crippen LogP contribution in [0.4, 0.5) is 0 Å². The summed E-state index contributed by atoms with van der Waals surface area (Å²) in [6, 6.07) is 1.71. The molecule has 0 saturated heterocycles. The van der Waals surface area contributed by atoms with E-state index < -0.39 is 0 Å². The predicted molar refractivity (Wildman–Crippen MR) is 66.0 cm³/mol. The van der Waals surface area contributed by atoms with Crippen LogP contribution in [0.3, 0.4) is 0 Å². The van der Waals surface area contributed by atoms with Crippen LogP contribution in [0.2, 0.25) is 0 Å². The maximum atomic E-state index is 3.98. The van der Waals surface area contributed by atoms with Crippen molar-refractivity contribution in [2.24, 2.45) is 11.8 Å². The lowest BCUT2D eigenvalue weighted by atomic mass is 9.98.